The van der Waals surface area contributed by atoms with Gasteiger partial charge in [-0.05, 0) is 0 Å². The minimum atomic E-state index is -3.22. The lowest BCUT2D eigenvalue weighted by Crippen LogP contribution is -2.45. The van der Waals surface area contributed by atoms with Crippen LogP contribution < -0.4 is 10.6 Å². The summed E-state index contributed by atoms with van der Waals surface area (Å²) in [5.74, 6) is 3.13. The summed E-state index contributed by atoms with van der Waals surface area (Å²) in [5.41, 5.74) is 0. The largest absolute Gasteiger partial charge is 0.354 e. The van der Waals surface area contributed by atoms with E-state index >= 15 is 0 Å². The number of hydrogen-bond donors (Lipinski definition) is 2. The lowest BCUT2D eigenvalue weighted by Gasteiger charge is -2.25. The van der Waals surface area contributed by atoms with E-state index in [-0.39, 0.29) is 36.7 Å². The predicted molar refractivity (Wildman–Crippen MR) is 87.2 cm³/mol. The van der Waals surface area contributed by atoms with Gasteiger partial charge in [-0.15, -0.1) is 24.2 Å². The number of thioether (sulfide) groups is 2. The first kappa shape index (κ1) is 18.4. The number of halogens is 1. The van der Waals surface area contributed by atoms with E-state index in [1.165, 1.54) is 4.31 Å². The van der Waals surface area contributed by atoms with Crippen LogP contribution in [0.1, 0.15) is 0 Å². The van der Waals surface area contributed by atoms with Gasteiger partial charge in [0.25, 0.3) is 0 Å². The van der Waals surface area contributed by atoms with Crippen LogP contribution in [0, 0.1) is 0 Å². The van der Waals surface area contributed by atoms with Crippen LogP contribution in [-0.4, -0.2) is 73.2 Å². The number of nitrogens with one attached hydrogen (secondary N) is 2. The Morgan fingerprint density at radius 2 is 2.00 bits per heavy atom. The minimum absolute atomic E-state index is 0. The standard InChI is InChI=1S/C10H19N3O3S3.ClH/c14-10(9-7-18-8-12-9)11-1-6-19(15,16)13-2-4-17-5-3-13;/h9,12H,1-8H2,(H,11,14);1H. The Morgan fingerprint density at radius 1 is 1.30 bits per heavy atom. The van der Waals surface area contributed by atoms with Crippen molar-refractivity contribution in [1.82, 2.24) is 14.9 Å². The molecule has 2 rings (SSSR count). The first-order valence-corrected chi connectivity index (χ1v) is 10.2. The molecule has 0 aliphatic carbocycles. The Balaban J connectivity index is 0.00000200. The molecule has 10 heteroatoms. The summed E-state index contributed by atoms with van der Waals surface area (Å²) in [5, 5.41) is 5.75. The predicted octanol–water partition coefficient (Wildman–Crippen LogP) is -0.434. The summed E-state index contributed by atoms with van der Waals surface area (Å²) in [6.45, 7) is 1.36. The molecule has 2 N–H and O–H groups in total. The Morgan fingerprint density at radius 3 is 2.60 bits per heavy atom. The fourth-order valence-corrected chi connectivity index (χ4v) is 5.38. The van der Waals surface area contributed by atoms with Gasteiger partial charge in [0.1, 0.15) is 0 Å². The van der Waals surface area contributed by atoms with Gasteiger partial charge < -0.3 is 5.32 Å². The third-order valence-corrected chi connectivity index (χ3v) is 6.81. The first-order valence-electron chi connectivity index (χ1n) is 6.24. The van der Waals surface area contributed by atoms with Crippen molar-refractivity contribution in [3.63, 3.8) is 0 Å². The third kappa shape index (κ3) is 5.27. The summed E-state index contributed by atoms with van der Waals surface area (Å²) in [4.78, 5) is 11.7. The van der Waals surface area contributed by atoms with Crippen LogP contribution in [0.15, 0.2) is 0 Å². The molecule has 20 heavy (non-hydrogen) atoms. The topological polar surface area (TPSA) is 78.5 Å². The molecule has 1 atom stereocenters. The van der Waals surface area contributed by atoms with Gasteiger partial charge in [0.05, 0.1) is 11.8 Å². The van der Waals surface area contributed by atoms with Crippen LogP contribution in [0.2, 0.25) is 0 Å². The lowest BCUT2D eigenvalue weighted by atomic mass is 10.3. The van der Waals surface area contributed by atoms with E-state index < -0.39 is 10.0 Å². The molecule has 118 valence electrons. The molecule has 6 nitrogen and oxygen atoms in total. The Kier molecular flexibility index (Phi) is 7.99. The van der Waals surface area contributed by atoms with Crippen LogP contribution in [0.25, 0.3) is 0 Å². The molecule has 2 aliphatic rings. The maximum absolute atomic E-state index is 12.0. The van der Waals surface area contributed by atoms with Crippen LogP contribution in [0.4, 0.5) is 0 Å². The normalized spacial score (nSPS) is 24.1. The van der Waals surface area contributed by atoms with Gasteiger partial charge >= 0.3 is 0 Å². The van der Waals surface area contributed by atoms with E-state index in [1.54, 1.807) is 23.5 Å². The first-order chi connectivity index (χ1) is 9.09. The lowest BCUT2D eigenvalue weighted by molar-refractivity contribution is -0.122. The van der Waals surface area contributed by atoms with E-state index in [0.29, 0.717) is 13.1 Å². The van der Waals surface area contributed by atoms with Crippen molar-refractivity contribution in [2.75, 3.05) is 48.5 Å². The second-order valence-electron chi connectivity index (χ2n) is 4.39. The molecule has 2 fully saturated rings. The molecule has 2 aliphatic heterocycles. The van der Waals surface area contributed by atoms with Gasteiger partial charge in [-0.3, -0.25) is 10.1 Å². The fourth-order valence-electron chi connectivity index (χ4n) is 1.94. The number of hydrogen-bond acceptors (Lipinski definition) is 6. The number of rotatable bonds is 5. The highest BCUT2D eigenvalue weighted by molar-refractivity contribution is 7.99. The van der Waals surface area contributed by atoms with E-state index in [2.05, 4.69) is 10.6 Å². The molecule has 1 amide bonds. The third-order valence-electron chi connectivity index (χ3n) is 3.06. The van der Waals surface area contributed by atoms with Gasteiger partial charge in [-0.1, -0.05) is 0 Å². The van der Waals surface area contributed by atoms with Gasteiger partial charge in [0, 0.05) is 42.8 Å². The molecule has 0 aromatic heterocycles. The molecule has 2 heterocycles. The zero-order valence-corrected chi connectivity index (χ0v) is 14.3. The molecule has 0 bridgehead atoms. The highest BCUT2D eigenvalue weighted by atomic mass is 35.5. The van der Waals surface area contributed by atoms with Crippen LogP contribution in [0.3, 0.4) is 0 Å². The van der Waals surface area contributed by atoms with Crippen molar-refractivity contribution in [1.29, 1.82) is 0 Å². The van der Waals surface area contributed by atoms with Crippen molar-refractivity contribution in [2.45, 2.75) is 6.04 Å². The second-order valence-corrected chi connectivity index (χ2v) is 8.73. The SMILES string of the molecule is Cl.O=C(NCCS(=O)(=O)N1CCSCC1)C1CSCN1. The molecule has 0 radical (unpaired) electrons. The van der Waals surface area contributed by atoms with Crippen molar-refractivity contribution >= 4 is 51.9 Å². The maximum Gasteiger partial charge on any atom is 0.238 e. The number of sulfonamides is 1. The summed E-state index contributed by atoms with van der Waals surface area (Å²) >= 11 is 3.45. The van der Waals surface area contributed by atoms with E-state index in [0.717, 1.165) is 23.1 Å². The fraction of sp³-hybridized carbons (Fsp3) is 0.900. The van der Waals surface area contributed by atoms with Crippen molar-refractivity contribution in [3.05, 3.63) is 0 Å². The smallest absolute Gasteiger partial charge is 0.238 e. The molecule has 1 unspecified atom stereocenters. The van der Waals surface area contributed by atoms with Crippen LogP contribution >= 0.6 is 35.9 Å². The summed E-state index contributed by atoms with van der Waals surface area (Å²) in [7, 11) is -3.22. The minimum Gasteiger partial charge on any atom is -0.354 e. The van der Waals surface area contributed by atoms with Crippen molar-refractivity contribution in [2.24, 2.45) is 0 Å². The number of carbonyl (C=O) groups excluding carboxylic acids is 1. The summed E-state index contributed by atoms with van der Waals surface area (Å²) in [6, 6.07) is -0.181. The quantitative estimate of drug-likeness (QED) is 0.691. The highest BCUT2D eigenvalue weighted by Crippen LogP contribution is 2.13. The molecule has 0 saturated carbocycles. The zero-order chi connectivity index (χ0) is 13.7. The number of amides is 1. The van der Waals surface area contributed by atoms with E-state index in [9.17, 15) is 13.2 Å². The molecular formula is C10H20ClN3O3S3. The van der Waals surface area contributed by atoms with Crippen molar-refractivity contribution in [3.8, 4) is 0 Å². The number of nitrogens with zero attached hydrogens (tertiary/aromatic N) is 1. The van der Waals surface area contributed by atoms with E-state index in [4.69, 9.17) is 0 Å². The van der Waals surface area contributed by atoms with Crippen LogP contribution in [-0.2, 0) is 14.8 Å². The van der Waals surface area contributed by atoms with Gasteiger partial charge in [0.15, 0.2) is 0 Å². The average molecular weight is 362 g/mol. The molecule has 0 aromatic rings. The van der Waals surface area contributed by atoms with Crippen molar-refractivity contribution < 1.29 is 13.2 Å². The second kappa shape index (κ2) is 8.70. The van der Waals surface area contributed by atoms with E-state index in [1.807, 2.05) is 0 Å². The summed E-state index contributed by atoms with van der Waals surface area (Å²) in [6.07, 6.45) is 0. The van der Waals surface area contributed by atoms with Crippen LogP contribution in [0.5, 0.6) is 0 Å². The zero-order valence-electron chi connectivity index (χ0n) is 11.0. The highest BCUT2D eigenvalue weighted by Gasteiger charge is 2.25. The number of carbonyl (C=O) groups is 1. The molecule has 0 aromatic carbocycles. The average Bonchev–Trinajstić information content (AvgIpc) is 2.93. The maximum atomic E-state index is 12.0. The van der Waals surface area contributed by atoms with Gasteiger partial charge in [-0.25, -0.2) is 12.7 Å². The Bertz CT molecular complexity index is 409. The monoisotopic (exact) mass is 361 g/mol. The molecular weight excluding hydrogens is 342 g/mol. The molecule has 2 saturated heterocycles. The van der Waals surface area contributed by atoms with Gasteiger partial charge in [0.2, 0.25) is 15.9 Å². The molecule has 0 spiro atoms. The Hall–Kier alpha value is 0.330. The van der Waals surface area contributed by atoms with Gasteiger partial charge in [-0.2, -0.15) is 11.8 Å². The Labute approximate surface area is 134 Å². The summed E-state index contributed by atoms with van der Waals surface area (Å²) < 4.78 is 25.6.